The zero-order chi connectivity index (χ0) is 36.2. The maximum absolute atomic E-state index is 13.7. The number of hydrogen-bond donors (Lipinski definition) is 3. The number of rotatable bonds is 15. The van der Waals surface area contributed by atoms with Crippen molar-refractivity contribution in [2.75, 3.05) is 45.7 Å². The number of amides is 3. The molecule has 3 amide bonds. The molecule has 0 aromatic heterocycles. The van der Waals surface area contributed by atoms with Gasteiger partial charge in [0, 0.05) is 49.4 Å². The molecule has 50 heavy (non-hydrogen) atoms. The summed E-state index contributed by atoms with van der Waals surface area (Å²) in [6.45, 7) is 8.88. The van der Waals surface area contributed by atoms with Crippen LogP contribution >= 0.6 is 11.6 Å². The summed E-state index contributed by atoms with van der Waals surface area (Å²) in [5.41, 5.74) is 0.797. The van der Waals surface area contributed by atoms with Crippen molar-refractivity contribution < 1.29 is 28.7 Å². The summed E-state index contributed by atoms with van der Waals surface area (Å²) >= 11 is 6.20. The van der Waals surface area contributed by atoms with Crippen LogP contribution in [0.5, 0.6) is 11.5 Å². The van der Waals surface area contributed by atoms with E-state index in [-0.39, 0.29) is 57.4 Å². The summed E-state index contributed by atoms with van der Waals surface area (Å²) < 4.78 is 10.6. The predicted octanol–water partition coefficient (Wildman–Crippen LogP) is 5.94. The van der Waals surface area contributed by atoms with Crippen LogP contribution in [-0.2, 0) is 9.59 Å². The first kappa shape index (κ1) is 38.7. The van der Waals surface area contributed by atoms with Gasteiger partial charge in [-0.05, 0) is 63.6 Å². The second-order valence-corrected chi connectivity index (χ2v) is 13.1. The van der Waals surface area contributed by atoms with E-state index in [4.69, 9.17) is 21.1 Å². The van der Waals surface area contributed by atoms with Crippen LogP contribution < -0.4 is 25.4 Å². The lowest BCUT2D eigenvalue weighted by atomic mass is 10.1. The molecule has 0 radical (unpaired) electrons. The highest BCUT2D eigenvalue weighted by molar-refractivity contribution is 6.32. The number of nitrogens with one attached hydrogen (secondary N) is 3. The Morgan fingerprint density at radius 2 is 1.26 bits per heavy atom. The molecule has 0 saturated carbocycles. The molecular weight excluding hydrogens is 662 g/mol. The van der Waals surface area contributed by atoms with Crippen LogP contribution in [-0.4, -0.2) is 92.1 Å². The number of carbonyl (C=O) groups is 4. The molecule has 0 bridgehead atoms. The van der Waals surface area contributed by atoms with Gasteiger partial charge in [0.15, 0.2) is 5.78 Å². The average Bonchev–Trinajstić information content (AvgIpc) is 3.13. The highest BCUT2D eigenvalue weighted by Gasteiger charge is 2.27. The number of anilines is 1. The number of likely N-dealkylation sites (tertiary alicyclic amines) is 2. The van der Waals surface area contributed by atoms with E-state index in [9.17, 15) is 19.2 Å². The van der Waals surface area contributed by atoms with E-state index in [1.54, 1.807) is 6.07 Å². The predicted molar refractivity (Wildman–Crippen MR) is 193 cm³/mol. The van der Waals surface area contributed by atoms with Gasteiger partial charge in [-0.25, -0.2) is 0 Å². The number of hydrogen-bond acceptors (Lipinski definition) is 10. The molecule has 0 spiro atoms. The van der Waals surface area contributed by atoms with Gasteiger partial charge in [0.05, 0.1) is 42.9 Å². The van der Waals surface area contributed by atoms with Crippen LogP contribution in [0.2, 0.25) is 5.02 Å². The van der Waals surface area contributed by atoms with Crippen molar-refractivity contribution in [3.05, 3.63) is 46.5 Å². The molecule has 2 heterocycles. The van der Waals surface area contributed by atoms with Crippen molar-refractivity contribution in [1.29, 1.82) is 0 Å². The molecule has 14 heteroatoms. The lowest BCUT2D eigenvalue weighted by Crippen LogP contribution is -2.50. The van der Waals surface area contributed by atoms with Gasteiger partial charge in [0.1, 0.15) is 11.5 Å². The number of ether oxygens (including phenoxy) is 2. The van der Waals surface area contributed by atoms with Crippen LogP contribution in [0.15, 0.2) is 40.6 Å². The normalized spacial score (nSPS) is 17.4. The van der Waals surface area contributed by atoms with Crippen molar-refractivity contribution in [3.63, 3.8) is 0 Å². The van der Waals surface area contributed by atoms with E-state index in [0.717, 1.165) is 51.9 Å². The highest BCUT2D eigenvalue weighted by atomic mass is 35.5. The Hall–Kier alpha value is -4.07. The lowest BCUT2D eigenvalue weighted by molar-refractivity contribution is -0.126. The molecule has 3 N–H and O–H groups in total. The minimum absolute atomic E-state index is 0.143. The number of halogens is 1. The van der Waals surface area contributed by atoms with Gasteiger partial charge in [-0.1, -0.05) is 38.3 Å². The molecule has 272 valence electrons. The average molecular weight is 712 g/mol. The number of methoxy groups -OCH3 is 2. The summed E-state index contributed by atoms with van der Waals surface area (Å²) in [5, 5.41) is 17.5. The Kier molecular flexibility index (Phi) is 14.6. The smallest absolute Gasteiger partial charge is 0.258 e. The maximum atomic E-state index is 13.7. The largest absolute Gasteiger partial charge is 0.495 e. The van der Waals surface area contributed by atoms with Crippen LogP contribution in [0.4, 0.5) is 11.4 Å². The molecule has 2 aliphatic heterocycles. The fourth-order valence-electron chi connectivity index (χ4n) is 6.37. The lowest BCUT2D eigenvalue weighted by Gasteiger charge is -2.34. The zero-order valence-electron chi connectivity index (χ0n) is 29.7. The van der Waals surface area contributed by atoms with Crippen molar-refractivity contribution in [3.8, 4) is 11.5 Å². The van der Waals surface area contributed by atoms with Gasteiger partial charge in [-0.2, -0.15) is 10.2 Å². The Balaban J connectivity index is 1.63. The molecule has 2 saturated heterocycles. The molecule has 2 aliphatic rings. The van der Waals surface area contributed by atoms with E-state index < -0.39 is 17.7 Å². The first-order valence-electron chi connectivity index (χ1n) is 17.5. The van der Waals surface area contributed by atoms with Gasteiger partial charge in [-0.3, -0.25) is 29.0 Å². The van der Waals surface area contributed by atoms with Crippen LogP contribution in [0.25, 0.3) is 0 Å². The van der Waals surface area contributed by atoms with Crippen molar-refractivity contribution >= 4 is 46.5 Å². The molecule has 2 fully saturated rings. The number of piperidine rings is 2. The molecular formula is C36H50ClN7O6. The maximum Gasteiger partial charge on any atom is 0.258 e. The van der Waals surface area contributed by atoms with Gasteiger partial charge in [0.25, 0.3) is 17.7 Å². The third kappa shape index (κ3) is 10.2. The third-order valence-corrected chi connectivity index (χ3v) is 9.42. The number of Topliss-reactive ketones (excluding diaryl/α,β-unsaturated/α-hetero) is 1. The molecule has 3 unspecified atom stereocenters. The quantitative estimate of drug-likeness (QED) is 0.152. The molecule has 2 aromatic rings. The summed E-state index contributed by atoms with van der Waals surface area (Å²) in [5.74, 6) is -1.51. The van der Waals surface area contributed by atoms with Gasteiger partial charge in [0.2, 0.25) is 6.04 Å². The molecule has 4 rings (SSSR count). The SMILES string of the molecule is CCC(NC(=O)c1cc(N=NC(C(C)=O)C(=O)Nc2cc(OC)c(Cl)cc2OC)cc(C(=O)NC(CC)N2CCCCC2)c1)N1CCCCC1. The summed E-state index contributed by atoms with van der Waals surface area (Å²) in [6.07, 6.45) is 7.74. The number of nitrogens with zero attached hydrogens (tertiary/aromatic N) is 4. The molecule has 3 atom stereocenters. The second-order valence-electron chi connectivity index (χ2n) is 12.7. The van der Waals surface area contributed by atoms with Crippen LogP contribution in [0.1, 0.15) is 92.9 Å². The second kappa shape index (κ2) is 18.8. The number of ketones is 1. The van der Waals surface area contributed by atoms with E-state index in [1.807, 2.05) is 13.8 Å². The number of benzene rings is 2. The fraction of sp³-hybridized carbons (Fsp3) is 0.556. The van der Waals surface area contributed by atoms with Crippen LogP contribution in [0.3, 0.4) is 0 Å². The summed E-state index contributed by atoms with van der Waals surface area (Å²) in [6, 6.07) is 5.97. The van der Waals surface area contributed by atoms with E-state index in [2.05, 4.69) is 36.0 Å². The Labute approximate surface area is 299 Å². The van der Waals surface area contributed by atoms with E-state index in [1.165, 1.54) is 58.3 Å². The third-order valence-electron chi connectivity index (χ3n) is 9.13. The first-order valence-corrected chi connectivity index (χ1v) is 17.8. The number of carbonyl (C=O) groups excluding carboxylic acids is 4. The molecule has 2 aromatic carbocycles. The minimum Gasteiger partial charge on any atom is -0.495 e. The Morgan fingerprint density at radius 3 is 1.70 bits per heavy atom. The Morgan fingerprint density at radius 1 is 0.760 bits per heavy atom. The molecule has 0 aliphatic carbocycles. The minimum atomic E-state index is -1.54. The van der Waals surface area contributed by atoms with Gasteiger partial charge >= 0.3 is 0 Å². The van der Waals surface area contributed by atoms with Crippen molar-refractivity contribution in [2.24, 2.45) is 10.2 Å². The standard InChI is InChI=1S/C36H50ClN7O6/c1-6-31(43-14-10-8-11-15-43)39-34(46)24-18-25(35(47)40-32(7-2)44-16-12-9-13-17-44)20-26(19-24)41-42-33(23(3)45)36(48)38-28-22-29(49-4)27(37)21-30(28)50-5/h18-22,31-33H,6-17H2,1-5H3,(H,38,48)(H,39,46)(H,40,47). The Bertz CT molecular complexity index is 1480. The first-order chi connectivity index (χ1) is 24.1. The monoisotopic (exact) mass is 711 g/mol. The van der Waals surface area contributed by atoms with Crippen molar-refractivity contribution in [2.45, 2.75) is 90.5 Å². The van der Waals surface area contributed by atoms with Gasteiger partial charge < -0.3 is 25.4 Å². The highest BCUT2D eigenvalue weighted by Crippen LogP contribution is 2.36. The summed E-state index contributed by atoms with van der Waals surface area (Å²) in [4.78, 5) is 57.9. The molecule has 13 nitrogen and oxygen atoms in total. The summed E-state index contributed by atoms with van der Waals surface area (Å²) in [7, 11) is 2.85. The van der Waals surface area contributed by atoms with E-state index in [0.29, 0.717) is 18.6 Å². The van der Waals surface area contributed by atoms with E-state index >= 15 is 0 Å². The van der Waals surface area contributed by atoms with Crippen molar-refractivity contribution in [1.82, 2.24) is 20.4 Å². The fourth-order valence-corrected chi connectivity index (χ4v) is 6.60. The van der Waals surface area contributed by atoms with Gasteiger partial charge in [-0.15, -0.1) is 0 Å². The number of azo groups is 1. The topological polar surface area (TPSA) is 154 Å². The zero-order valence-corrected chi connectivity index (χ0v) is 30.5. The van der Waals surface area contributed by atoms with Crippen LogP contribution in [0, 0.1) is 0 Å².